The molecule has 1 aliphatic heterocycles. The Kier molecular flexibility index (Phi) is 3.49. The molecule has 2 aromatic rings. The molecule has 1 unspecified atom stereocenters. The summed E-state index contributed by atoms with van der Waals surface area (Å²) in [6.45, 7) is 1.61. The normalized spacial score (nSPS) is 18.0. The van der Waals surface area contributed by atoms with E-state index in [1.165, 1.54) is 0 Å². The summed E-state index contributed by atoms with van der Waals surface area (Å²) in [6, 6.07) is 13.7. The molecule has 1 aliphatic rings. The minimum absolute atomic E-state index is 0.396. The summed E-state index contributed by atoms with van der Waals surface area (Å²) >= 11 is 6.06. The van der Waals surface area contributed by atoms with Crippen LogP contribution in [-0.2, 0) is 4.79 Å². The van der Waals surface area contributed by atoms with Crippen molar-refractivity contribution >= 4 is 23.2 Å². The summed E-state index contributed by atoms with van der Waals surface area (Å²) in [5.41, 5.74) is 1.32. The first kappa shape index (κ1) is 13.8. The zero-order valence-corrected chi connectivity index (χ0v) is 12.1. The Balaban J connectivity index is 2.45. The van der Waals surface area contributed by atoms with Crippen LogP contribution >= 0.6 is 11.6 Å². The standard InChI is InChI=1S/C16H13ClN2O2/c1-10-16(20)18-14-8-7-12(17)9-13(14)15(19(10)21)11-5-3-2-4-6-11/h2-10,21H,1H3. The van der Waals surface area contributed by atoms with Gasteiger partial charge in [-0.2, -0.15) is 0 Å². The van der Waals surface area contributed by atoms with Crippen molar-refractivity contribution in [3.63, 3.8) is 0 Å². The molecular weight excluding hydrogens is 288 g/mol. The Labute approximate surface area is 126 Å². The highest BCUT2D eigenvalue weighted by Crippen LogP contribution is 2.18. The lowest BCUT2D eigenvalue weighted by atomic mass is 10.1. The molecule has 2 aromatic carbocycles. The van der Waals surface area contributed by atoms with E-state index in [2.05, 4.69) is 4.99 Å². The van der Waals surface area contributed by atoms with Crippen molar-refractivity contribution in [1.82, 2.24) is 5.06 Å². The number of hydrogen-bond acceptors (Lipinski definition) is 3. The maximum Gasteiger partial charge on any atom is 0.271 e. The monoisotopic (exact) mass is 300 g/mol. The van der Waals surface area contributed by atoms with Crippen molar-refractivity contribution in [1.29, 1.82) is 0 Å². The molecule has 106 valence electrons. The maximum absolute atomic E-state index is 12.0. The lowest BCUT2D eigenvalue weighted by Crippen LogP contribution is -2.36. The van der Waals surface area contributed by atoms with Crippen molar-refractivity contribution in [2.45, 2.75) is 13.0 Å². The molecule has 1 amide bonds. The van der Waals surface area contributed by atoms with Gasteiger partial charge in [-0.25, -0.2) is 10.1 Å². The van der Waals surface area contributed by atoms with E-state index in [-0.39, 0.29) is 0 Å². The lowest BCUT2D eigenvalue weighted by Gasteiger charge is -2.23. The van der Waals surface area contributed by atoms with Crippen LogP contribution in [0.2, 0.25) is 5.02 Å². The molecule has 4 nitrogen and oxygen atoms in total. The van der Waals surface area contributed by atoms with Crippen LogP contribution in [0.3, 0.4) is 0 Å². The lowest BCUT2D eigenvalue weighted by molar-refractivity contribution is -0.133. The van der Waals surface area contributed by atoms with Gasteiger partial charge in [-0.05, 0) is 25.1 Å². The molecule has 0 saturated carbocycles. The number of carbonyl (C=O) groups excluding carboxylic acids is 1. The Morgan fingerprint density at radius 3 is 2.62 bits per heavy atom. The highest BCUT2D eigenvalue weighted by atomic mass is 35.5. The number of amides is 1. The van der Waals surface area contributed by atoms with E-state index in [1.54, 1.807) is 25.1 Å². The van der Waals surface area contributed by atoms with Crippen LogP contribution in [-0.4, -0.2) is 22.2 Å². The second-order valence-corrected chi connectivity index (χ2v) is 5.28. The van der Waals surface area contributed by atoms with E-state index in [1.807, 2.05) is 30.3 Å². The minimum atomic E-state index is -0.758. The average molecular weight is 301 g/mol. The highest BCUT2D eigenvalue weighted by Gasteiger charge is 2.25. The van der Waals surface area contributed by atoms with Crippen LogP contribution in [0.4, 0.5) is 0 Å². The molecule has 21 heavy (non-hydrogen) atoms. The van der Waals surface area contributed by atoms with Gasteiger partial charge in [-0.3, -0.25) is 10.0 Å². The Morgan fingerprint density at radius 2 is 1.90 bits per heavy atom. The van der Waals surface area contributed by atoms with E-state index in [9.17, 15) is 10.0 Å². The summed E-state index contributed by atoms with van der Waals surface area (Å²) in [6.07, 6.45) is 0. The van der Waals surface area contributed by atoms with Gasteiger partial charge >= 0.3 is 0 Å². The van der Waals surface area contributed by atoms with E-state index in [4.69, 9.17) is 11.6 Å². The summed E-state index contributed by atoms with van der Waals surface area (Å²) in [7, 11) is 0. The summed E-state index contributed by atoms with van der Waals surface area (Å²) in [5, 5.41) is 13.1. The number of hydrogen-bond donors (Lipinski definition) is 1. The number of fused-ring (bicyclic) bond motifs is 1. The second kappa shape index (κ2) is 5.31. The van der Waals surface area contributed by atoms with Crippen molar-refractivity contribution in [2.75, 3.05) is 0 Å². The largest absolute Gasteiger partial charge is 0.288 e. The van der Waals surface area contributed by atoms with Crippen molar-refractivity contribution in [3.8, 4) is 0 Å². The molecule has 3 rings (SSSR count). The van der Waals surface area contributed by atoms with Crippen molar-refractivity contribution < 1.29 is 10.0 Å². The molecule has 1 N–H and O–H groups in total. The Morgan fingerprint density at radius 1 is 1.19 bits per heavy atom. The Bertz CT molecular complexity index is 818. The number of hydroxylamine groups is 2. The fourth-order valence-electron chi connectivity index (χ4n) is 2.31. The van der Waals surface area contributed by atoms with Gasteiger partial charge in [0.1, 0.15) is 6.04 Å². The van der Waals surface area contributed by atoms with Crippen LogP contribution in [0.15, 0.2) is 53.5 Å². The van der Waals surface area contributed by atoms with Gasteiger partial charge in [-0.15, -0.1) is 0 Å². The number of benzene rings is 2. The fraction of sp³-hybridized carbons (Fsp3) is 0.125. The van der Waals surface area contributed by atoms with Crippen molar-refractivity contribution in [2.24, 2.45) is 4.99 Å². The minimum Gasteiger partial charge on any atom is -0.288 e. The zero-order valence-electron chi connectivity index (χ0n) is 11.3. The molecule has 0 bridgehead atoms. The summed E-state index contributed by atoms with van der Waals surface area (Å²) < 4.78 is 0. The molecule has 0 aromatic heterocycles. The number of halogens is 1. The quantitative estimate of drug-likeness (QED) is 0.873. The summed E-state index contributed by atoms with van der Waals surface area (Å²) in [4.78, 5) is 16.1. The zero-order chi connectivity index (χ0) is 15.0. The van der Waals surface area contributed by atoms with Crippen LogP contribution in [0.25, 0.3) is 5.70 Å². The van der Waals surface area contributed by atoms with Gasteiger partial charge in [0.2, 0.25) is 0 Å². The Hall–Kier alpha value is -2.17. The summed E-state index contributed by atoms with van der Waals surface area (Å²) in [5.74, 6) is -0.396. The van der Waals surface area contributed by atoms with Gasteiger partial charge in [0, 0.05) is 15.8 Å². The van der Waals surface area contributed by atoms with Crippen LogP contribution in [0.1, 0.15) is 12.5 Å². The molecule has 1 atom stereocenters. The van der Waals surface area contributed by atoms with Crippen molar-refractivity contribution in [3.05, 3.63) is 69.7 Å². The van der Waals surface area contributed by atoms with E-state index in [0.29, 0.717) is 21.3 Å². The van der Waals surface area contributed by atoms with E-state index in [0.717, 1.165) is 10.6 Å². The topological polar surface area (TPSA) is 52.9 Å². The maximum atomic E-state index is 12.0. The molecule has 1 heterocycles. The van der Waals surface area contributed by atoms with Gasteiger partial charge in [0.15, 0.2) is 0 Å². The third-order valence-electron chi connectivity index (χ3n) is 3.44. The molecule has 0 spiro atoms. The van der Waals surface area contributed by atoms with Crippen LogP contribution in [0.5, 0.6) is 0 Å². The first-order chi connectivity index (χ1) is 10.1. The predicted octanol–water partition coefficient (Wildman–Crippen LogP) is 1.74. The highest BCUT2D eigenvalue weighted by molar-refractivity contribution is 6.30. The van der Waals surface area contributed by atoms with Gasteiger partial charge in [-0.1, -0.05) is 41.9 Å². The second-order valence-electron chi connectivity index (χ2n) is 4.85. The third kappa shape index (κ3) is 2.44. The van der Waals surface area contributed by atoms with Crippen LogP contribution in [0, 0.1) is 0 Å². The smallest absolute Gasteiger partial charge is 0.271 e. The molecular formula is C16H13ClN2O2. The molecule has 5 heteroatoms. The molecule has 0 fully saturated rings. The molecule has 0 radical (unpaired) electrons. The van der Waals surface area contributed by atoms with Gasteiger partial charge in [0.05, 0.1) is 11.1 Å². The first-order valence-electron chi connectivity index (χ1n) is 6.54. The predicted molar refractivity (Wildman–Crippen MR) is 79.3 cm³/mol. The number of carbonyl (C=O) groups is 1. The van der Waals surface area contributed by atoms with Crippen LogP contribution < -0.4 is 10.6 Å². The number of nitrogens with zero attached hydrogens (tertiary/aromatic N) is 2. The molecule has 0 saturated heterocycles. The average Bonchev–Trinajstić information content (AvgIpc) is 2.58. The fourth-order valence-corrected chi connectivity index (χ4v) is 2.49. The third-order valence-corrected chi connectivity index (χ3v) is 3.68. The first-order valence-corrected chi connectivity index (χ1v) is 6.91. The SMILES string of the molecule is CC1C(=O)N=c2ccc(Cl)cc2=C(c2ccccc2)N1O. The van der Waals surface area contributed by atoms with Gasteiger partial charge in [0.25, 0.3) is 5.91 Å². The van der Waals surface area contributed by atoms with E-state index < -0.39 is 11.9 Å². The van der Waals surface area contributed by atoms with Gasteiger partial charge < -0.3 is 0 Å². The van der Waals surface area contributed by atoms with E-state index >= 15 is 0 Å². The molecule has 0 aliphatic carbocycles. The number of rotatable bonds is 1.